The zero-order valence-corrected chi connectivity index (χ0v) is 57.2. The van der Waals surface area contributed by atoms with E-state index in [2.05, 4.69) is 4.90 Å². The Kier molecular flexibility index (Phi) is 20.8. The maximum Gasteiger partial charge on any atom is 0.213 e. The predicted octanol–water partition coefficient (Wildman–Crippen LogP) is 13.8. The van der Waals surface area contributed by atoms with Crippen LogP contribution in [0.25, 0.3) is 0 Å². The van der Waals surface area contributed by atoms with Gasteiger partial charge in [0.1, 0.15) is 0 Å². The van der Waals surface area contributed by atoms with Crippen LogP contribution in [0.4, 0.5) is 0 Å². The summed E-state index contributed by atoms with van der Waals surface area (Å²) in [6, 6.07) is 111. The Morgan fingerprint density at radius 3 is 0.340 bits per heavy atom. The molecule has 16 heteroatoms. The first-order chi connectivity index (χ1) is 45.9. The molecule has 0 saturated carbocycles. The fourth-order valence-corrected chi connectivity index (χ4v) is 34.6. The molecule has 0 heterocycles. The van der Waals surface area contributed by atoms with Gasteiger partial charge < -0.3 is 0 Å². The third-order valence-electron chi connectivity index (χ3n) is 17.1. The van der Waals surface area contributed by atoms with Crippen LogP contribution in [0.15, 0.2) is 364 Å². The summed E-state index contributed by atoms with van der Waals surface area (Å²) in [4.78, 5) is 2.11. The first-order valence-electron chi connectivity index (χ1n) is 31.3. The molecule has 12 rings (SSSR count). The topological polar surface area (TPSA) is 115 Å². The summed E-state index contributed by atoms with van der Waals surface area (Å²) in [5, 5.41) is 5.60. The molecule has 0 bridgehead atoms. The summed E-state index contributed by atoms with van der Waals surface area (Å²) in [7, 11) is -25.2. The molecule has 0 aliphatic carbocycles. The molecule has 470 valence electrons. The Bertz CT molecular complexity index is 3670. The van der Waals surface area contributed by atoms with Crippen molar-refractivity contribution < 1.29 is 27.4 Å². The summed E-state index contributed by atoms with van der Waals surface area (Å²) in [6.45, 7) is -0.306. The molecule has 0 aliphatic heterocycles. The first-order valence-corrected chi connectivity index (χ1v) is 41.3. The highest BCUT2D eigenvalue weighted by Crippen LogP contribution is 2.67. The van der Waals surface area contributed by atoms with Gasteiger partial charge in [-0.2, -0.15) is 13.3 Å². The summed E-state index contributed by atoms with van der Waals surface area (Å²) >= 11 is 0. The lowest BCUT2D eigenvalue weighted by Gasteiger charge is -2.42. The van der Waals surface area contributed by atoms with Crippen LogP contribution < -0.4 is 63.7 Å². The highest BCUT2D eigenvalue weighted by molar-refractivity contribution is 7.91. The van der Waals surface area contributed by atoms with Crippen molar-refractivity contribution in [2.45, 2.75) is 0 Å². The summed E-state index contributed by atoms with van der Waals surface area (Å²) in [6.07, 6.45) is 0. The summed E-state index contributed by atoms with van der Waals surface area (Å²) in [5.41, 5.74) is 0. The van der Waals surface area contributed by atoms with Crippen LogP contribution in [0.3, 0.4) is 0 Å². The molecular formula is C78H72N4O6P6. The van der Waals surface area contributed by atoms with Crippen molar-refractivity contribution in [1.82, 2.24) is 18.2 Å². The Labute approximate surface area is 552 Å². The van der Waals surface area contributed by atoms with E-state index in [1.54, 1.807) is 13.3 Å². The minimum atomic E-state index is -4.20. The minimum Gasteiger partial charge on any atom is -0.299 e. The van der Waals surface area contributed by atoms with Gasteiger partial charge in [0.05, 0.1) is 0 Å². The standard InChI is InChI=1S/C78H72N4O6P6/c83-89(67-37-13-1-14-38-67,68-39-15-2-16-40-68)80(90(84,69-41-17-3-18-42-69)70-43-19-4-20-44-70)64-61-79(62-65-81(91(85,71-45-21-5-22-46-71)72-47-23-6-24-48-72)92(86,73-49-25-7-26-50-73)74-51-27-8-28-52-74)63-66-82(93(87,75-53-29-9-30-54-75)76-55-31-10-32-56-76)94(88,77-57-33-11-34-58-77)78-59-35-12-36-60-78/h1-60H,61-66H2. The minimum absolute atomic E-state index is 0.0128. The van der Waals surface area contributed by atoms with E-state index < -0.39 is 43.8 Å². The molecule has 0 radical (unpaired) electrons. The largest absolute Gasteiger partial charge is 0.299 e. The maximum absolute atomic E-state index is 17.6. The molecule has 0 N–H and O–H groups in total. The SMILES string of the molecule is O=P(c1ccccc1)(c1ccccc1)N(CCN(CCN(P(=O)(c1ccccc1)c1ccccc1)P(=O)(c1ccccc1)c1ccccc1)CCN(P(=O)(c1ccccc1)c1ccccc1)P(=O)(c1ccccc1)c1ccccc1)P(=O)(c1ccccc1)c1ccccc1. The van der Waals surface area contributed by atoms with Crippen LogP contribution in [0, 0.1) is 0 Å². The molecule has 0 spiro atoms. The molecule has 0 atom stereocenters. The molecule has 0 aliphatic rings. The number of benzene rings is 12. The number of rotatable bonds is 27. The smallest absolute Gasteiger partial charge is 0.213 e. The van der Waals surface area contributed by atoms with Gasteiger partial charge in [-0.3, -0.25) is 32.3 Å². The van der Waals surface area contributed by atoms with Crippen molar-refractivity contribution >= 4 is 107 Å². The maximum atomic E-state index is 17.6. The van der Waals surface area contributed by atoms with Gasteiger partial charge >= 0.3 is 0 Å². The van der Waals surface area contributed by atoms with Gasteiger partial charge in [-0.05, 0) is 146 Å². The highest BCUT2D eigenvalue weighted by atomic mass is 31.2. The van der Waals surface area contributed by atoms with E-state index in [1.165, 1.54) is 0 Å². The van der Waals surface area contributed by atoms with Gasteiger partial charge in [0, 0.05) is 103 Å². The second-order valence-corrected chi connectivity index (χ2v) is 39.6. The van der Waals surface area contributed by atoms with Crippen molar-refractivity contribution in [3.05, 3.63) is 364 Å². The van der Waals surface area contributed by atoms with Gasteiger partial charge in [-0.1, -0.05) is 218 Å². The molecule has 0 saturated heterocycles. The Morgan fingerprint density at radius 2 is 0.245 bits per heavy atom. The average molecular weight is 1350 g/mol. The van der Waals surface area contributed by atoms with Gasteiger partial charge in [0.2, 0.25) is 43.8 Å². The Hall–Kier alpha value is -8.14. The second-order valence-electron chi connectivity index (χ2n) is 22.6. The normalized spacial score (nSPS) is 12.5. The van der Waals surface area contributed by atoms with Gasteiger partial charge in [-0.15, -0.1) is 0 Å². The number of hydrogen-bond donors (Lipinski definition) is 0. The van der Waals surface area contributed by atoms with E-state index in [4.69, 9.17) is 0 Å². The lowest BCUT2D eigenvalue weighted by atomic mass is 10.4. The van der Waals surface area contributed by atoms with Crippen LogP contribution in [0.1, 0.15) is 0 Å². The van der Waals surface area contributed by atoms with Gasteiger partial charge in [0.25, 0.3) is 0 Å². The Balaban J connectivity index is 1.11. The lowest BCUT2D eigenvalue weighted by Crippen LogP contribution is -2.46. The molecule has 94 heavy (non-hydrogen) atoms. The quantitative estimate of drug-likeness (QED) is 0.0461. The molecule has 0 fully saturated rings. The average Bonchev–Trinajstić information content (AvgIpc) is 0.745. The zero-order valence-electron chi connectivity index (χ0n) is 51.8. The van der Waals surface area contributed by atoms with Crippen molar-refractivity contribution in [3.8, 4) is 0 Å². The Morgan fingerprint density at radius 1 is 0.149 bits per heavy atom. The molecule has 12 aromatic rings. The number of nitrogens with zero attached hydrogens (tertiary/aromatic N) is 4. The lowest BCUT2D eigenvalue weighted by molar-refractivity contribution is 0.255. The fourth-order valence-electron chi connectivity index (χ4n) is 12.5. The van der Waals surface area contributed by atoms with Crippen LogP contribution in [-0.2, 0) is 27.4 Å². The summed E-state index contributed by atoms with van der Waals surface area (Å²) < 4.78 is 111. The van der Waals surface area contributed by atoms with Crippen LogP contribution in [0.2, 0.25) is 0 Å². The van der Waals surface area contributed by atoms with Crippen LogP contribution >= 0.6 is 43.8 Å². The first kappa shape index (κ1) is 65.9. The molecular weight excluding hydrogens is 1270 g/mol. The van der Waals surface area contributed by atoms with Crippen molar-refractivity contribution in [2.24, 2.45) is 0 Å². The van der Waals surface area contributed by atoms with E-state index in [1.807, 2.05) is 364 Å². The second kappa shape index (κ2) is 29.7. The van der Waals surface area contributed by atoms with Crippen LogP contribution in [0.5, 0.6) is 0 Å². The van der Waals surface area contributed by atoms with Gasteiger partial charge in [-0.25, -0.2) is 0 Å². The van der Waals surface area contributed by atoms with E-state index in [0.717, 1.165) is 0 Å². The molecule has 10 nitrogen and oxygen atoms in total. The molecule has 12 aromatic carbocycles. The molecule has 0 amide bonds. The van der Waals surface area contributed by atoms with Gasteiger partial charge in [0.15, 0.2) is 0 Å². The fraction of sp³-hybridized carbons (Fsp3) is 0.0769. The number of hydrogen-bond acceptors (Lipinski definition) is 7. The molecule has 0 unspecified atom stereocenters. The third-order valence-corrected chi connectivity index (χ3v) is 38.7. The van der Waals surface area contributed by atoms with E-state index in [0.29, 0.717) is 63.7 Å². The van der Waals surface area contributed by atoms with E-state index in [9.17, 15) is 0 Å². The monoisotopic (exact) mass is 1350 g/mol. The predicted molar refractivity (Wildman–Crippen MR) is 395 cm³/mol. The van der Waals surface area contributed by atoms with E-state index in [-0.39, 0.29) is 39.3 Å². The highest BCUT2D eigenvalue weighted by Gasteiger charge is 2.51. The van der Waals surface area contributed by atoms with Crippen molar-refractivity contribution in [3.63, 3.8) is 0 Å². The summed E-state index contributed by atoms with van der Waals surface area (Å²) in [5.74, 6) is 0. The zero-order chi connectivity index (χ0) is 64.9. The van der Waals surface area contributed by atoms with Crippen LogP contribution in [-0.4, -0.2) is 57.5 Å². The molecule has 0 aromatic heterocycles. The third kappa shape index (κ3) is 12.9. The van der Waals surface area contributed by atoms with Crippen molar-refractivity contribution in [2.75, 3.05) is 39.3 Å². The van der Waals surface area contributed by atoms with Crippen molar-refractivity contribution in [1.29, 1.82) is 0 Å². The van der Waals surface area contributed by atoms with E-state index >= 15 is 27.4 Å².